The summed E-state index contributed by atoms with van der Waals surface area (Å²) >= 11 is 5.88. The Bertz CT molecular complexity index is 725. The van der Waals surface area contributed by atoms with Crippen molar-refractivity contribution in [2.75, 3.05) is 11.4 Å². The molecule has 24 heavy (non-hydrogen) atoms. The molecular weight excluding hydrogens is 330 g/mol. The molecule has 1 aliphatic heterocycles. The normalized spacial score (nSPS) is 17.8. The zero-order valence-electron chi connectivity index (χ0n) is 13.3. The minimum atomic E-state index is -0.523. The van der Waals surface area contributed by atoms with Crippen LogP contribution in [0.2, 0.25) is 5.22 Å². The van der Waals surface area contributed by atoms with Crippen LogP contribution in [0.5, 0.6) is 0 Å². The van der Waals surface area contributed by atoms with Crippen LogP contribution < -0.4 is 10.2 Å². The number of hydrogen-bond acceptors (Lipinski definition) is 4. The quantitative estimate of drug-likeness (QED) is 0.922. The number of benzene rings is 1. The summed E-state index contributed by atoms with van der Waals surface area (Å²) in [4.78, 5) is 26.6. The fourth-order valence-electron chi connectivity index (χ4n) is 2.84. The van der Waals surface area contributed by atoms with Crippen molar-refractivity contribution < 1.29 is 14.1 Å². The molecule has 1 unspecified atom stereocenters. The van der Waals surface area contributed by atoms with Crippen molar-refractivity contribution >= 4 is 29.1 Å². The monoisotopic (exact) mass is 347 g/mol. The molecule has 126 valence electrons. The topological polar surface area (TPSA) is 75.4 Å². The predicted octanol–water partition coefficient (Wildman–Crippen LogP) is 2.49. The summed E-state index contributed by atoms with van der Waals surface area (Å²) in [6, 6.07) is 8.95. The molecule has 1 atom stereocenters. The molecule has 1 N–H and O–H groups in total. The Morgan fingerprint density at radius 1 is 1.42 bits per heavy atom. The average molecular weight is 348 g/mol. The number of carbonyl (C=O) groups is 2. The smallest absolute Gasteiger partial charge is 0.249 e. The average Bonchev–Trinajstić information content (AvgIpc) is 2.89. The minimum Gasteiger partial charge on any atom is -0.344 e. The van der Waals surface area contributed by atoms with Gasteiger partial charge in [-0.15, -0.1) is 0 Å². The molecule has 2 aromatic rings. The van der Waals surface area contributed by atoms with Crippen molar-refractivity contribution in [2.45, 2.75) is 32.2 Å². The summed E-state index contributed by atoms with van der Waals surface area (Å²) in [7, 11) is 0. The third kappa shape index (κ3) is 3.43. The number of hydrogen-bond donors (Lipinski definition) is 1. The lowest BCUT2D eigenvalue weighted by atomic mass is 10.0. The van der Waals surface area contributed by atoms with Crippen molar-refractivity contribution in [2.24, 2.45) is 0 Å². The molecule has 1 aromatic heterocycles. The molecule has 1 aromatic carbocycles. The summed E-state index contributed by atoms with van der Waals surface area (Å²) < 4.78 is 4.84. The highest BCUT2D eigenvalue weighted by Crippen LogP contribution is 2.22. The number of amides is 2. The van der Waals surface area contributed by atoms with Gasteiger partial charge in [0, 0.05) is 17.8 Å². The van der Waals surface area contributed by atoms with Crippen LogP contribution >= 0.6 is 11.6 Å². The van der Waals surface area contributed by atoms with Gasteiger partial charge in [-0.1, -0.05) is 23.4 Å². The largest absolute Gasteiger partial charge is 0.344 e. The number of anilines is 1. The Balaban J connectivity index is 1.66. The molecule has 2 heterocycles. The van der Waals surface area contributed by atoms with Gasteiger partial charge in [0.2, 0.25) is 17.0 Å². The van der Waals surface area contributed by atoms with Gasteiger partial charge in [-0.25, -0.2) is 0 Å². The van der Waals surface area contributed by atoms with E-state index in [0.29, 0.717) is 24.2 Å². The zero-order chi connectivity index (χ0) is 17.1. The molecular formula is C17H18ClN3O3. The first kappa shape index (κ1) is 16.5. The Morgan fingerprint density at radius 2 is 2.17 bits per heavy atom. The molecule has 1 aliphatic rings. The van der Waals surface area contributed by atoms with Gasteiger partial charge in [0.15, 0.2) is 0 Å². The number of para-hydroxylation sites is 1. The number of halogens is 1. The van der Waals surface area contributed by atoms with Crippen LogP contribution in [0.15, 0.2) is 34.9 Å². The molecule has 0 bridgehead atoms. The second-order valence-corrected chi connectivity index (χ2v) is 6.13. The number of rotatable bonds is 4. The van der Waals surface area contributed by atoms with Crippen molar-refractivity contribution in [3.63, 3.8) is 0 Å². The SMILES string of the molecule is Cc1noc(Cl)c1CC(=O)NC1CCCN(c2ccccc2)C1=O. The maximum Gasteiger partial charge on any atom is 0.249 e. The molecule has 2 amide bonds. The highest BCUT2D eigenvalue weighted by atomic mass is 35.5. The van der Waals surface area contributed by atoms with E-state index in [1.54, 1.807) is 11.8 Å². The van der Waals surface area contributed by atoms with E-state index < -0.39 is 6.04 Å². The predicted molar refractivity (Wildman–Crippen MR) is 89.9 cm³/mol. The second-order valence-electron chi connectivity index (χ2n) is 5.78. The molecule has 0 aliphatic carbocycles. The van der Waals surface area contributed by atoms with E-state index in [1.807, 2.05) is 30.3 Å². The summed E-state index contributed by atoms with van der Waals surface area (Å²) in [5.74, 6) is -0.356. The molecule has 6 nitrogen and oxygen atoms in total. The summed E-state index contributed by atoms with van der Waals surface area (Å²) in [6.45, 7) is 2.38. The standard InChI is InChI=1S/C17H18ClN3O3/c1-11-13(16(18)24-20-11)10-15(22)19-14-8-5-9-21(17(14)23)12-6-3-2-4-7-12/h2-4,6-7,14H,5,8-10H2,1H3,(H,19,22). The molecule has 0 spiro atoms. The van der Waals surface area contributed by atoms with Gasteiger partial charge in [-0.3, -0.25) is 9.59 Å². The first-order chi connectivity index (χ1) is 11.6. The summed E-state index contributed by atoms with van der Waals surface area (Å²) in [5, 5.41) is 6.64. The molecule has 1 fully saturated rings. The second kappa shape index (κ2) is 7.05. The Morgan fingerprint density at radius 3 is 2.83 bits per heavy atom. The van der Waals surface area contributed by atoms with Gasteiger partial charge in [0.1, 0.15) is 6.04 Å². The van der Waals surface area contributed by atoms with Crippen molar-refractivity contribution in [3.8, 4) is 0 Å². The third-order valence-corrected chi connectivity index (χ3v) is 4.41. The van der Waals surface area contributed by atoms with E-state index in [9.17, 15) is 9.59 Å². The zero-order valence-corrected chi connectivity index (χ0v) is 14.0. The molecule has 1 saturated heterocycles. The van der Waals surface area contributed by atoms with Gasteiger partial charge in [0.05, 0.1) is 12.1 Å². The number of nitrogens with zero attached hydrogens (tertiary/aromatic N) is 2. The lowest BCUT2D eigenvalue weighted by molar-refractivity contribution is -0.128. The maximum absolute atomic E-state index is 12.7. The molecule has 3 rings (SSSR count). The lowest BCUT2D eigenvalue weighted by Crippen LogP contribution is -2.52. The summed E-state index contributed by atoms with van der Waals surface area (Å²) in [6.07, 6.45) is 1.51. The highest BCUT2D eigenvalue weighted by molar-refractivity contribution is 6.29. The Labute approximate surface area is 144 Å². The van der Waals surface area contributed by atoms with Crippen LogP contribution in [0, 0.1) is 6.92 Å². The summed E-state index contributed by atoms with van der Waals surface area (Å²) in [5.41, 5.74) is 1.98. The van der Waals surface area contributed by atoms with Crippen molar-refractivity contribution in [1.29, 1.82) is 0 Å². The van der Waals surface area contributed by atoms with Crippen molar-refractivity contribution in [3.05, 3.63) is 46.8 Å². The first-order valence-electron chi connectivity index (χ1n) is 7.82. The molecule has 0 radical (unpaired) electrons. The Hall–Kier alpha value is -2.34. The number of carbonyl (C=O) groups excluding carboxylic acids is 2. The molecule has 0 saturated carbocycles. The van der Waals surface area contributed by atoms with E-state index >= 15 is 0 Å². The maximum atomic E-state index is 12.7. The fraction of sp³-hybridized carbons (Fsp3) is 0.353. The first-order valence-corrected chi connectivity index (χ1v) is 8.20. The lowest BCUT2D eigenvalue weighted by Gasteiger charge is -2.32. The van der Waals surface area contributed by atoms with E-state index in [4.69, 9.17) is 16.1 Å². The van der Waals surface area contributed by atoms with Crippen LogP contribution in [0.1, 0.15) is 24.1 Å². The van der Waals surface area contributed by atoms with Crippen molar-refractivity contribution in [1.82, 2.24) is 10.5 Å². The number of nitrogens with one attached hydrogen (secondary N) is 1. The van der Waals surface area contributed by atoms with Gasteiger partial charge in [-0.05, 0) is 43.5 Å². The van der Waals surface area contributed by atoms with E-state index in [-0.39, 0.29) is 23.5 Å². The fourth-order valence-corrected chi connectivity index (χ4v) is 3.08. The van der Waals surface area contributed by atoms with Crippen LogP contribution in [0.3, 0.4) is 0 Å². The minimum absolute atomic E-state index is 0.0449. The number of piperidine rings is 1. The molecule has 7 heteroatoms. The van der Waals surface area contributed by atoms with Crippen LogP contribution in [-0.2, 0) is 16.0 Å². The van der Waals surface area contributed by atoms with E-state index in [1.165, 1.54) is 0 Å². The van der Waals surface area contributed by atoms with Gasteiger partial charge < -0.3 is 14.7 Å². The number of aromatic nitrogens is 1. The van der Waals surface area contributed by atoms with Crippen LogP contribution in [-0.4, -0.2) is 29.6 Å². The third-order valence-electron chi connectivity index (χ3n) is 4.12. The highest BCUT2D eigenvalue weighted by Gasteiger charge is 2.31. The Kier molecular flexibility index (Phi) is 4.85. The van der Waals surface area contributed by atoms with E-state index in [0.717, 1.165) is 12.1 Å². The van der Waals surface area contributed by atoms with Crippen LogP contribution in [0.4, 0.5) is 5.69 Å². The number of aryl methyl sites for hydroxylation is 1. The van der Waals surface area contributed by atoms with Gasteiger partial charge >= 0.3 is 0 Å². The van der Waals surface area contributed by atoms with Gasteiger partial charge in [0.25, 0.3) is 0 Å². The van der Waals surface area contributed by atoms with Gasteiger partial charge in [-0.2, -0.15) is 0 Å². The van der Waals surface area contributed by atoms with Crippen LogP contribution in [0.25, 0.3) is 0 Å². The van der Waals surface area contributed by atoms with E-state index in [2.05, 4.69) is 10.5 Å².